The van der Waals surface area contributed by atoms with Crippen molar-refractivity contribution in [2.75, 3.05) is 52.2 Å². The highest BCUT2D eigenvalue weighted by atomic mass is 35.5. The van der Waals surface area contributed by atoms with Gasteiger partial charge in [-0.1, -0.05) is 23.7 Å². The van der Waals surface area contributed by atoms with Gasteiger partial charge in [-0.2, -0.15) is 13.9 Å². The van der Waals surface area contributed by atoms with Crippen LogP contribution in [0.15, 0.2) is 30.5 Å². The van der Waals surface area contributed by atoms with Crippen molar-refractivity contribution in [1.82, 2.24) is 30.0 Å². The average Bonchev–Trinajstić information content (AvgIpc) is 3.66. The number of aromatic nitrogens is 4. The van der Waals surface area contributed by atoms with Crippen LogP contribution in [0.2, 0.25) is 5.15 Å². The quantitative estimate of drug-likeness (QED) is 0.307. The largest absolute Gasteiger partial charge is 0.379 e. The molecule has 0 radical (unpaired) electrons. The Morgan fingerprint density at radius 3 is 2.61 bits per heavy atom. The number of nitrogen functional groups attached to an aromatic ring is 1. The molecule has 0 spiro atoms. The van der Waals surface area contributed by atoms with Crippen molar-refractivity contribution in [2.24, 2.45) is 0 Å². The number of benzene rings is 1. The summed E-state index contributed by atoms with van der Waals surface area (Å²) in [6.07, 6.45) is 4.55. The number of hydrogen-bond donors (Lipinski definition) is 2. The van der Waals surface area contributed by atoms with Crippen LogP contribution in [-0.4, -0.2) is 77.4 Å². The summed E-state index contributed by atoms with van der Waals surface area (Å²) in [5.41, 5.74) is 9.29. The van der Waals surface area contributed by atoms with Gasteiger partial charge in [-0.05, 0) is 43.0 Å². The Morgan fingerprint density at radius 1 is 1.21 bits per heavy atom. The van der Waals surface area contributed by atoms with Crippen molar-refractivity contribution in [3.05, 3.63) is 57.9 Å². The van der Waals surface area contributed by atoms with Crippen molar-refractivity contribution < 1.29 is 18.3 Å². The van der Waals surface area contributed by atoms with Gasteiger partial charge in [0.2, 0.25) is 5.95 Å². The van der Waals surface area contributed by atoms with E-state index >= 15 is 0 Å². The lowest BCUT2D eigenvalue weighted by Gasteiger charge is -2.26. The lowest BCUT2D eigenvalue weighted by molar-refractivity contribution is 0.0386. The number of nitrogens with zero attached hydrogens (tertiary/aromatic N) is 5. The summed E-state index contributed by atoms with van der Waals surface area (Å²) in [5.74, 6) is 0.370. The maximum atomic E-state index is 13.3. The molecule has 12 heteroatoms. The molecule has 0 atom stereocenters. The van der Waals surface area contributed by atoms with Crippen LogP contribution < -0.4 is 11.1 Å². The molecule has 204 valence electrons. The number of carbonyl (C=O) groups excluding carboxylic acids is 1. The van der Waals surface area contributed by atoms with Crippen molar-refractivity contribution in [1.29, 1.82) is 0 Å². The molecule has 9 nitrogen and oxygen atoms in total. The first-order chi connectivity index (χ1) is 18.4. The number of nitrogens with one attached hydrogen (secondary N) is 1. The number of carbonyl (C=O) groups is 1. The summed E-state index contributed by atoms with van der Waals surface area (Å²) in [4.78, 5) is 21.5. The van der Waals surface area contributed by atoms with Gasteiger partial charge in [0, 0.05) is 56.0 Å². The number of nitrogens with two attached hydrogens (primary N) is 1. The summed E-state index contributed by atoms with van der Waals surface area (Å²) in [6, 6.07) is 6.95. The zero-order valence-electron chi connectivity index (χ0n) is 21.2. The number of hydrogen-bond acceptors (Lipinski definition) is 8. The smallest absolute Gasteiger partial charge is 0.333 e. The average molecular weight is 548 g/mol. The minimum Gasteiger partial charge on any atom is -0.379 e. The molecule has 1 aliphatic heterocycles. The van der Waals surface area contributed by atoms with Gasteiger partial charge in [0.05, 0.1) is 18.9 Å². The van der Waals surface area contributed by atoms with E-state index in [1.165, 1.54) is 12.3 Å². The normalized spacial score (nSPS) is 15.8. The SMILES string of the molecule is CNCCN1CCOCC1.Nc1nc(Cl)cc(-c2nn(C(F)F)cc2Cc2cc(C=O)ccc2C2CC2)n1. The molecule has 3 heterocycles. The Morgan fingerprint density at radius 2 is 1.97 bits per heavy atom. The highest BCUT2D eigenvalue weighted by molar-refractivity contribution is 6.29. The molecular weight excluding hydrogens is 516 g/mol. The molecule has 0 unspecified atom stereocenters. The van der Waals surface area contributed by atoms with E-state index in [9.17, 15) is 13.6 Å². The number of morpholine rings is 1. The van der Waals surface area contributed by atoms with Gasteiger partial charge in [-0.3, -0.25) is 9.69 Å². The van der Waals surface area contributed by atoms with Crippen molar-refractivity contribution >= 4 is 23.8 Å². The molecule has 1 saturated carbocycles. The number of anilines is 1. The number of alkyl halides is 2. The molecule has 0 amide bonds. The zero-order chi connectivity index (χ0) is 27.1. The molecule has 3 N–H and O–H groups in total. The van der Waals surface area contributed by atoms with Gasteiger partial charge in [0.25, 0.3) is 0 Å². The van der Waals surface area contributed by atoms with Crippen LogP contribution in [-0.2, 0) is 11.2 Å². The number of aldehydes is 1. The van der Waals surface area contributed by atoms with E-state index < -0.39 is 6.55 Å². The van der Waals surface area contributed by atoms with Gasteiger partial charge in [0.15, 0.2) is 0 Å². The lowest BCUT2D eigenvalue weighted by Crippen LogP contribution is -2.39. The summed E-state index contributed by atoms with van der Waals surface area (Å²) in [7, 11) is 1.99. The number of likely N-dealkylation sites (N-methyl/N-ethyl adjacent to an activating group) is 1. The number of rotatable bonds is 9. The van der Waals surface area contributed by atoms with Crippen molar-refractivity contribution in [3.63, 3.8) is 0 Å². The second kappa shape index (κ2) is 13.2. The maximum Gasteiger partial charge on any atom is 0.333 e. The van der Waals surface area contributed by atoms with Crippen LogP contribution in [0.1, 0.15) is 52.4 Å². The van der Waals surface area contributed by atoms with E-state index in [0.29, 0.717) is 28.1 Å². The molecule has 1 aromatic carbocycles. The van der Waals surface area contributed by atoms with E-state index in [1.807, 2.05) is 13.1 Å². The monoisotopic (exact) mass is 547 g/mol. The van der Waals surface area contributed by atoms with Crippen molar-refractivity contribution in [2.45, 2.75) is 31.7 Å². The molecule has 2 fully saturated rings. The fraction of sp³-hybridized carbons (Fsp3) is 0.462. The molecule has 3 aromatic rings. The van der Waals surface area contributed by atoms with Gasteiger partial charge >= 0.3 is 6.55 Å². The first kappa shape index (κ1) is 28.0. The van der Waals surface area contributed by atoms with Gasteiger partial charge < -0.3 is 15.8 Å². The fourth-order valence-electron chi connectivity index (χ4n) is 4.38. The molecule has 2 aromatic heterocycles. The van der Waals surface area contributed by atoms with Crippen LogP contribution in [0.25, 0.3) is 11.4 Å². The third-order valence-corrected chi connectivity index (χ3v) is 6.64. The van der Waals surface area contributed by atoms with Crippen LogP contribution in [0, 0.1) is 0 Å². The number of halogens is 3. The molecule has 1 saturated heterocycles. The minimum absolute atomic E-state index is 0.0679. The van der Waals surface area contributed by atoms with Crippen LogP contribution in [0.5, 0.6) is 0 Å². The van der Waals surface area contributed by atoms with Crippen molar-refractivity contribution in [3.8, 4) is 11.4 Å². The Labute approximate surface area is 225 Å². The molecule has 38 heavy (non-hydrogen) atoms. The van der Waals surface area contributed by atoms with Gasteiger partial charge in [-0.25, -0.2) is 14.6 Å². The third kappa shape index (κ3) is 7.53. The minimum atomic E-state index is -2.80. The van der Waals surface area contributed by atoms with E-state index in [2.05, 4.69) is 25.3 Å². The van der Waals surface area contributed by atoms with Gasteiger partial charge in [0.1, 0.15) is 17.1 Å². The first-order valence-corrected chi connectivity index (χ1v) is 12.9. The highest BCUT2D eigenvalue weighted by Gasteiger charge is 2.27. The van der Waals surface area contributed by atoms with Crippen LogP contribution >= 0.6 is 11.6 Å². The Hall–Kier alpha value is -2.99. The van der Waals surface area contributed by atoms with Crippen LogP contribution in [0.3, 0.4) is 0 Å². The summed E-state index contributed by atoms with van der Waals surface area (Å²) in [6.45, 7) is 3.45. The lowest BCUT2D eigenvalue weighted by atomic mass is 9.95. The Balaban J connectivity index is 0.000000283. The third-order valence-electron chi connectivity index (χ3n) is 6.45. The van der Waals surface area contributed by atoms with Gasteiger partial charge in [-0.15, -0.1) is 0 Å². The highest BCUT2D eigenvalue weighted by Crippen LogP contribution is 2.42. The van der Waals surface area contributed by atoms with E-state index in [4.69, 9.17) is 22.1 Å². The topological polar surface area (TPSA) is 111 Å². The second-order valence-electron chi connectivity index (χ2n) is 9.28. The first-order valence-electron chi connectivity index (χ1n) is 12.6. The molecule has 2 aliphatic rings. The Bertz CT molecular complexity index is 1210. The number of ether oxygens (including phenoxy) is 1. The standard InChI is InChI=1S/C19H16ClF2N5O.C7H16N2O/c20-16-7-15(24-19(23)25-16)17-13(8-27(26-17)18(21)22)6-12-5-10(9-28)1-4-14(12)11-2-3-11;1-8-2-3-9-4-6-10-7-5-9/h1,4-5,7-9,11,18H,2-3,6H2,(H2,23,24,25);8H,2-7H2,1H3. The predicted octanol–water partition coefficient (Wildman–Crippen LogP) is 3.79. The predicted molar refractivity (Wildman–Crippen MR) is 142 cm³/mol. The molecule has 5 rings (SSSR count). The second-order valence-corrected chi connectivity index (χ2v) is 9.67. The summed E-state index contributed by atoms with van der Waals surface area (Å²) >= 11 is 5.94. The molecular formula is C26H32ClF2N7O2. The maximum absolute atomic E-state index is 13.3. The van der Waals surface area contributed by atoms with E-state index in [0.717, 1.165) is 69.6 Å². The van der Waals surface area contributed by atoms with E-state index in [1.54, 1.807) is 12.1 Å². The molecule has 1 aliphatic carbocycles. The zero-order valence-corrected chi connectivity index (χ0v) is 22.0. The Kier molecular flexibility index (Phi) is 9.73. The summed E-state index contributed by atoms with van der Waals surface area (Å²) < 4.78 is 32.4. The summed E-state index contributed by atoms with van der Waals surface area (Å²) in [5, 5.41) is 7.21. The fourth-order valence-corrected chi connectivity index (χ4v) is 4.57. The van der Waals surface area contributed by atoms with E-state index in [-0.39, 0.29) is 22.5 Å². The van der Waals surface area contributed by atoms with Crippen LogP contribution in [0.4, 0.5) is 14.7 Å². The molecule has 0 bridgehead atoms.